The minimum atomic E-state index is 0.591. The molecule has 1 fully saturated rings. The molecule has 2 heterocycles. The fourth-order valence-corrected chi connectivity index (χ4v) is 2.78. The molecule has 106 valence electrons. The molecular weight excluding hydrogens is 234 g/mol. The minimum absolute atomic E-state index is 0.591. The van der Waals surface area contributed by atoms with Gasteiger partial charge < -0.3 is 5.32 Å². The van der Waals surface area contributed by atoms with Crippen LogP contribution in [0.25, 0.3) is 0 Å². The Labute approximate surface area is 117 Å². The van der Waals surface area contributed by atoms with Crippen molar-refractivity contribution in [2.45, 2.75) is 46.2 Å². The molecule has 0 spiro atoms. The Kier molecular flexibility index (Phi) is 5.34. The van der Waals surface area contributed by atoms with E-state index in [2.05, 4.69) is 54.2 Å². The van der Waals surface area contributed by atoms with Crippen molar-refractivity contribution in [3.8, 4) is 0 Å². The Bertz CT molecular complexity index is 389. The molecule has 1 aliphatic heterocycles. The SMILES string of the molecule is Cc1cccc(CN2CCCC(CNC(C)C)C2)n1. The predicted octanol–water partition coefficient (Wildman–Crippen LogP) is 2.60. The quantitative estimate of drug-likeness (QED) is 0.883. The summed E-state index contributed by atoms with van der Waals surface area (Å²) >= 11 is 0. The van der Waals surface area contributed by atoms with Gasteiger partial charge in [-0.3, -0.25) is 9.88 Å². The van der Waals surface area contributed by atoms with Gasteiger partial charge in [-0.1, -0.05) is 19.9 Å². The van der Waals surface area contributed by atoms with Gasteiger partial charge in [-0.15, -0.1) is 0 Å². The highest BCUT2D eigenvalue weighted by Gasteiger charge is 2.20. The zero-order chi connectivity index (χ0) is 13.7. The molecule has 1 saturated heterocycles. The largest absolute Gasteiger partial charge is 0.314 e. The third-order valence-corrected chi connectivity index (χ3v) is 3.75. The summed E-state index contributed by atoms with van der Waals surface area (Å²) in [5, 5.41) is 3.57. The molecule has 0 aromatic carbocycles. The Morgan fingerprint density at radius 2 is 2.26 bits per heavy atom. The maximum absolute atomic E-state index is 4.61. The second kappa shape index (κ2) is 7.01. The van der Waals surface area contributed by atoms with Crippen molar-refractivity contribution < 1.29 is 0 Å². The third kappa shape index (κ3) is 4.92. The summed E-state index contributed by atoms with van der Waals surface area (Å²) < 4.78 is 0. The van der Waals surface area contributed by atoms with Gasteiger partial charge in [-0.05, 0) is 50.9 Å². The smallest absolute Gasteiger partial charge is 0.0547 e. The topological polar surface area (TPSA) is 28.2 Å². The van der Waals surface area contributed by atoms with E-state index in [4.69, 9.17) is 0 Å². The first-order valence-corrected chi connectivity index (χ1v) is 7.52. The number of pyridine rings is 1. The van der Waals surface area contributed by atoms with Crippen LogP contribution in [0.15, 0.2) is 18.2 Å². The number of aryl methyl sites for hydroxylation is 1. The van der Waals surface area contributed by atoms with Gasteiger partial charge in [0.25, 0.3) is 0 Å². The monoisotopic (exact) mass is 261 g/mol. The van der Waals surface area contributed by atoms with E-state index in [1.165, 1.54) is 31.6 Å². The molecule has 0 bridgehead atoms. The van der Waals surface area contributed by atoms with Crippen molar-refractivity contribution in [2.24, 2.45) is 5.92 Å². The first-order chi connectivity index (χ1) is 9.13. The molecule has 1 aromatic heterocycles. The number of nitrogens with one attached hydrogen (secondary N) is 1. The van der Waals surface area contributed by atoms with E-state index in [1.807, 2.05) is 0 Å². The zero-order valence-corrected chi connectivity index (χ0v) is 12.5. The molecule has 19 heavy (non-hydrogen) atoms. The summed E-state index contributed by atoms with van der Waals surface area (Å²) in [6.07, 6.45) is 2.67. The summed E-state index contributed by atoms with van der Waals surface area (Å²) in [6.45, 7) is 11.1. The number of aromatic nitrogens is 1. The first kappa shape index (κ1) is 14.5. The third-order valence-electron chi connectivity index (χ3n) is 3.75. The van der Waals surface area contributed by atoms with E-state index in [0.717, 1.165) is 24.7 Å². The van der Waals surface area contributed by atoms with Crippen LogP contribution in [0.5, 0.6) is 0 Å². The summed E-state index contributed by atoms with van der Waals surface area (Å²) in [5.74, 6) is 0.793. The lowest BCUT2D eigenvalue weighted by molar-refractivity contribution is 0.162. The van der Waals surface area contributed by atoms with E-state index in [9.17, 15) is 0 Å². The van der Waals surface area contributed by atoms with Gasteiger partial charge in [0, 0.05) is 24.8 Å². The Morgan fingerprint density at radius 1 is 1.42 bits per heavy atom. The second-order valence-corrected chi connectivity index (χ2v) is 6.08. The van der Waals surface area contributed by atoms with Gasteiger partial charge in [0.1, 0.15) is 0 Å². The van der Waals surface area contributed by atoms with Crippen molar-refractivity contribution in [1.82, 2.24) is 15.2 Å². The van der Waals surface area contributed by atoms with E-state index in [1.54, 1.807) is 0 Å². The van der Waals surface area contributed by atoms with Crippen LogP contribution in [-0.4, -0.2) is 35.6 Å². The summed E-state index contributed by atoms with van der Waals surface area (Å²) in [7, 11) is 0. The van der Waals surface area contributed by atoms with E-state index < -0.39 is 0 Å². The molecule has 1 atom stereocenters. The molecule has 1 unspecified atom stereocenters. The van der Waals surface area contributed by atoms with Gasteiger partial charge in [-0.25, -0.2) is 0 Å². The molecule has 1 aromatic rings. The molecular formula is C16H27N3. The Morgan fingerprint density at radius 3 is 3.00 bits per heavy atom. The highest BCUT2D eigenvalue weighted by atomic mass is 15.1. The van der Waals surface area contributed by atoms with Crippen LogP contribution in [0.3, 0.4) is 0 Å². The van der Waals surface area contributed by atoms with Crippen LogP contribution < -0.4 is 5.32 Å². The lowest BCUT2D eigenvalue weighted by atomic mass is 9.97. The van der Waals surface area contributed by atoms with Crippen LogP contribution in [0.1, 0.15) is 38.1 Å². The van der Waals surface area contributed by atoms with Crippen molar-refractivity contribution in [3.63, 3.8) is 0 Å². The fourth-order valence-electron chi connectivity index (χ4n) is 2.78. The Hall–Kier alpha value is -0.930. The molecule has 1 aliphatic rings. The Balaban J connectivity index is 1.83. The average Bonchev–Trinajstić information content (AvgIpc) is 2.37. The van der Waals surface area contributed by atoms with Gasteiger partial charge in [-0.2, -0.15) is 0 Å². The maximum atomic E-state index is 4.61. The lowest BCUT2D eigenvalue weighted by Gasteiger charge is -2.33. The summed E-state index contributed by atoms with van der Waals surface area (Å²) in [4.78, 5) is 7.16. The van der Waals surface area contributed by atoms with Crippen LogP contribution >= 0.6 is 0 Å². The number of piperidine rings is 1. The number of likely N-dealkylation sites (tertiary alicyclic amines) is 1. The van der Waals surface area contributed by atoms with E-state index >= 15 is 0 Å². The lowest BCUT2D eigenvalue weighted by Crippen LogP contribution is -2.40. The van der Waals surface area contributed by atoms with Gasteiger partial charge in [0.2, 0.25) is 0 Å². The normalized spacial score (nSPS) is 20.9. The van der Waals surface area contributed by atoms with Gasteiger partial charge in [0.05, 0.1) is 5.69 Å². The van der Waals surface area contributed by atoms with E-state index in [0.29, 0.717) is 6.04 Å². The van der Waals surface area contributed by atoms with Crippen molar-refractivity contribution >= 4 is 0 Å². The van der Waals surface area contributed by atoms with Crippen molar-refractivity contribution in [1.29, 1.82) is 0 Å². The molecule has 3 nitrogen and oxygen atoms in total. The summed E-state index contributed by atoms with van der Waals surface area (Å²) in [5.41, 5.74) is 2.32. The number of hydrogen-bond acceptors (Lipinski definition) is 3. The number of nitrogens with zero attached hydrogens (tertiary/aromatic N) is 2. The number of hydrogen-bond donors (Lipinski definition) is 1. The molecule has 0 radical (unpaired) electrons. The first-order valence-electron chi connectivity index (χ1n) is 7.52. The van der Waals surface area contributed by atoms with Gasteiger partial charge >= 0.3 is 0 Å². The van der Waals surface area contributed by atoms with E-state index in [-0.39, 0.29) is 0 Å². The molecule has 0 amide bonds. The van der Waals surface area contributed by atoms with Gasteiger partial charge in [0.15, 0.2) is 0 Å². The van der Waals surface area contributed by atoms with Crippen molar-refractivity contribution in [3.05, 3.63) is 29.6 Å². The molecule has 0 aliphatic carbocycles. The second-order valence-electron chi connectivity index (χ2n) is 6.08. The molecule has 0 saturated carbocycles. The zero-order valence-electron chi connectivity index (χ0n) is 12.5. The van der Waals surface area contributed by atoms with Crippen LogP contribution in [0.2, 0.25) is 0 Å². The molecule has 2 rings (SSSR count). The summed E-state index contributed by atoms with van der Waals surface area (Å²) in [6, 6.07) is 6.91. The minimum Gasteiger partial charge on any atom is -0.314 e. The standard InChI is InChI=1S/C16H27N3/c1-13(2)17-10-15-7-5-9-19(11-15)12-16-8-4-6-14(3)18-16/h4,6,8,13,15,17H,5,7,9-12H2,1-3H3. The van der Waals surface area contributed by atoms with Crippen molar-refractivity contribution in [2.75, 3.05) is 19.6 Å². The maximum Gasteiger partial charge on any atom is 0.0547 e. The fraction of sp³-hybridized carbons (Fsp3) is 0.688. The average molecular weight is 261 g/mol. The highest BCUT2D eigenvalue weighted by Crippen LogP contribution is 2.17. The molecule has 1 N–H and O–H groups in total. The highest BCUT2D eigenvalue weighted by molar-refractivity contribution is 5.09. The van der Waals surface area contributed by atoms with Crippen LogP contribution in [0, 0.1) is 12.8 Å². The predicted molar refractivity (Wildman–Crippen MR) is 80.1 cm³/mol. The number of rotatable bonds is 5. The molecule has 3 heteroatoms. The van der Waals surface area contributed by atoms with Crippen LogP contribution in [0.4, 0.5) is 0 Å². The van der Waals surface area contributed by atoms with Crippen LogP contribution in [-0.2, 0) is 6.54 Å².